The predicted molar refractivity (Wildman–Crippen MR) is 153 cm³/mol. The summed E-state index contributed by atoms with van der Waals surface area (Å²) < 4.78 is 23.5. The number of tetrazole rings is 1. The second-order valence-electron chi connectivity index (χ2n) is 9.57. The van der Waals surface area contributed by atoms with Crippen LogP contribution in [0.3, 0.4) is 0 Å². The number of benzene rings is 3. The van der Waals surface area contributed by atoms with Gasteiger partial charge in [0.1, 0.15) is 11.6 Å². The van der Waals surface area contributed by atoms with Crippen LogP contribution in [0.25, 0.3) is 39.2 Å². The number of imidazole rings is 1. The Morgan fingerprint density at radius 2 is 1.69 bits per heavy atom. The third-order valence-electron chi connectivity index (χ3n) is 6.49. The fourth-order valence-electron chi connectivity index (χ4n) is 4.68. The minimum atomic E-state index is -0.802. The highest BCUT2D eigenvalue weighted by molar-refractivity contribution is 6.04. The van der Waals surface area contributed by atoms with Crippen LogP contribution in [0.4, 0.5) is 4.79 Å². The van der Waals surface area contributed by atoms with Crippen LogP contribution < -0.4 is 4.74 Å². The molecule has 3 aromatic carbocycles. The van der Waals surface area contributed by atoms with Gasteiger partial charge in [0, 0.05) is 11.1 Å². The molecule has 0 spiro atoms. The van der Waals surface area contributed by atoms with E-state index in [-0.39, 0.29) is 17.7 Å². The number of nitrogens with one attached hydrogen (secondary N) is 1. The van der Waals surface area contributed by atoms with Gasteiger partial charge in [-0.05, 0) is 67.4 Å². The number of esters is 1. The second-order valence-corrected chi connectivity index (χ2v) is 9.57. The van der Waals surface area contributed by atoms with Crippen molar-refractivity contribution >= 4 is 23.2 Å². The summed E-state index contributed by atoms with van der Waals surface area (Å²) in [5, 5.41) is 14.3. The van der Waals surface area contributed by atoms with Gasteiger partial charge in [0.15, 0.2) is 5.82 Å². The molecule has 5 rings (SSSR count). The Kier molecular flexibility index (Phi) is 8.14. The van der Waals surface area contributed by atoms with Crippen molar-refractivity contribution in [2.24, 2.45) is 0 Å². The van der Waals surface area contributed by atoms with Crippen LogP contribution in [-0.4, -0.2) is 62.1 Å². The van der Waals surface area contributed by atoms with Crippen molar-refractivity contribution in [2.45, 2.75) is 39.9 Å². The summed E-state index contributed by atoms with van der Waals surface area (Å²) >= 11 is 0. The zero-order valence-electron chi connectivity index (χ0n) is 23.8. The van der Waals surface area contributed by atoms with Crippen molar-refractivity contribution in [3.63, 3.8) is 0 Å². The number of H-pyrrole nitrogens is 1. The number of aromatic amines is 1. The van der Waals surface area contributed by atoms with Crippen LogP contribution in [0.5, 0.6) is 6.01 Å². The van der Waals surface area contributed by atoms with Crippen molar-refractivity contribution in [3.8, 4) is 34.2 Å². The Balaban J connectivity index is 1.64. The zero-order chi connectivity index (χ0) is 29.8. The summed E-state index contributed by atoms with van der Waals surface area (Å²) in [7, 11) is 1.32. The third-order valence-corrected chi connectivity index (χ3v) is 6.49. The summed E-state index contributed by atoms with van der Waals surface area (Å²) in [6, 6.07) is 19.1. The molecule has 0 amide bonds. The first-order chi connectivity index (χ1) is 20.3. The lowest BCUT2D eigenvalue weighted by Gasteiger charge is -2.16. The van der Waals surface area contributed by atoms with Gasteiger partial charge in [-0.2, -0.15) is 4.98 Å². The molecule has 0 saturated carbocycles. The highest BCUT2D eigenvalue weighted by atomic mass is 16.7. The summed E-state index contributed by atoms with van der Waals surface area (Å²) in [6.07, 6.45) is -1.87. The van der Waals surface area contributed by atoms with E-state index in [0.717, 1.165) is 16.7 Å². The molecule has 42 heavy (non-hydrogen) atoms. The fraction of sp³-hybridized carbons (Fsp3) is 0.267. The molecule has 5 aromatic rings. The highest BCUT2D eigenvalue weighted by Crippen LogP contribution is 2.36. The molecule has 2 aromatic heterocycles. The number of ether oxygens (including phenoxy) is 4. The number of hydrogen-bond acceptors (Lipinski definition) is 10. The van der Waals surface area contributed by atoms with Gasteiger partial charge in [-0.1, -0.05) is 42.5 Å². The van der Waals surface area contributed by atoms with Crippen molar-refractivity contribution < 1.29 is 28.5 Å². The molecule has 1 N–H and O–H groups in total. The molecule has 0 bridgehead atoms. The van der Waals surface area contributed by atoms with E-state index in [2.05, 4.69) is 20.6 Å². The van der Waals surface area contributed by atoms with Crippen molar-refractivity contribution in [1.29, 1.82) is 0 Å². The maximum absolute atomic E-state index is 12.9. The zero-order valence-corrected chi connectivity index (χ0v) is 23.8. The minimum absolute atomic E-state index is 0.267. The molecular formula is C30H30N6O6. The Morgan fingerprint density at radius 1 is 0.952 bits per heavy atom. The average molecular weight is 571 g/mol. The van der Waals surface area contributed by atoms with Gasteiger partial charge < -0.3 is 18.9 Å². The van der Waals surface area contributed by atoms with Gasteiger partial charge in [-0.25, -0.2) is 14.7 Å². The van der Waals surface area contributed by atoms with E-state index in [1.165, 1.54) is 7.11 Å². The van der Waals surface area contributed by atoms with Gasteiger partial charge in [-0.3, -0.25) is 4.57 Å². The molecule has 1 unspecified atom stereocenters. The van der Waals surface area contributed by atoms with E-state index in [1.807, 2.05) is 55.5 Å². The quantitative estimate of drug-likeness (QED) is 0.220. The van der Waals surface area contributed by atoms with E-state index in [9.17, 15) is 9.59 Å². The number of nitrogens with zero attached hydrogens (tertiary/aromatic N) is 5. The largest absolute Gasteiger partial charge is 0.509 e. The lowest BCUT2D eigenvalue weighted by Crippen LogP contribution is -2.15. The average Bonchev–Trinajstić information content (AvgIpc) is 3.65. The summed E-state index contributed by atoms with van der Waals surface area (Å²) in [6.45, 7) is 7.36. The summed E-state index contributed by atoms with van der Waals surface area (Å²) in [4.78, 5) is 29.9. The smallest absolute Gasteiger partial charge is 0.465 e. The maximum Gasteiger partial charge on any atom is 0.509 e. The molecule has 12 nitrogen and oxygen atoms in total. The summed E-state index contributed by atoms with van der Waals surface area (Å²) in [5.41, 5.74) is 5.13. The molecule has 0 aliphatic rings. The molecule has 216 valence electrons. The van der Waals surface area contributed by atoms with Crippen LogP contribution in [0.1, 0.15) is 49.7 Å². The Hall–Kier alpha value is -5.26. The van der Waals surface area contributed by atoms with Crippen LogP contribution in [0.2, 0.25) is 0 Å². The Bertz CT molecular complexity index is 1710. The number of methoxy groups -OCH3 is 1. The lowest BCUT2D eigenvalue weighted by molar-refractivity contribution is 0.0117. The first kappa shape index (κ1) is 28.3. The van der Waals surface area contributed by atoms with Crippen LogP contribution in [-0.2, 0) is 14.2 Å². The molecule has 12 heteroatoms. The van der Waals surface area contributed by atoms with E-state index in [4.69, 9.17) is 23.9 Å². The monoisotopic (exact) mass is 570 g/mol. The number of carbonyl (C=O) groups is 2. The van der Waals surface area contributed by atoms with E-state index >= 15 is 0 Å². The number of carbonyl (C=O) groups excluding carboxylic acids is 2. The Labute approximate surface area is 241 Å². The van der Waals surface area contributed by atoms with Crippen LogP contribution >= 0.6 is 0 Å². The highest BCUT2D eigenvalue weighted by Gasteiger charge is 2.26. The van der Waals surface area contributed by atoms with Crippen LogP contribution in [0, 0.1) is 0 Å². The molecule has 1 atom stereocenters. The number of rotatable bonds is 9. The molecule has 0 radical (unpaired) electrons. The first-order valence-corrected chi connectivity index (χ1v) is 13.4. The van der Waals surface area contributed by atoms with E-state index in [1.54, 1.807) is 37.5 Å². The van der Waals surface area contributed by atoms with E-state index in [0.29, 0.717) is 34.7 Å². The molecular weight excluding hydrogens is 540 g/mol. The molecule has 0 aliphatic carbocycles. The van der Waals surface area contributed by atoms with Crippen LogP contribution in [0.15, 0.2) is 60.7 Å². The van der Waals surface area contributed by atoms with Gasteiger partial charge in [0.05, 0.1) is 36.6 Å². The van der Waals surface area contributed by atoms with Crippen molar-refractivity contribution in [2.75, 3.05) is 13.7 Å². The number of fused-ring (bicyclic) bond motifs is 1. The molecule has 2 heterocycles. The van der Waals surface area contributed by atoms with Gasteiger partial charge in [0.25, 0.3) is 0 Å². The second kappa shape index (κ2) is 12.1. The first-order valence-electron chi connectivity index (χ1n) is 13.4. The molecule has 0 aliphatic heterocycles. The lowest BCUT2D eigenvalue weighted by atomic mass is 9.99. The Morgan fingerprint density at radius 3 is 2.33 bits per heavy atom. The maximum atomic E-state index is 12.9. The predicted octanol–water partition coefficient (Wildman–Crippen LogP) is 5.68. The fourth-order valence-corrected chi connectivity index (χ4v) is 4.68. The normalized spacial score (nSPS) is 11.9. The van der Waals surface area contributed by atoms with Gasteiger partial charge in [0.2, 0.25) is 0 Å². The van der Waals surface area contributed by atoms with Gasteiger partial charge >= 0.3 is 18.1 Å². The molecule has 0 fully saturated rings. The number of hydrogen-bond donors (Lipinski definition) is 1. The van der Waals surface area contributed by atoms with E-state index < -0.39 is 18.2 Å². The molecule has 0 saturated heterocycles. The number of aromatic nitrogens is 6. The SMILES string of the molecule is CCOc1nc2c(C(C)OC(=O)OC(C)C)ccc(C(=O)OC)c2n1-c1ccc(-c2ccccc2-c2nnn[nH]2)cc1. The van der Waals surface area contributed by atoms with Crippen molar-refractivity contribution in [3.05, 3.63) is 71.8 Å². The topological polar surface area (TPSA) is 143 Å². The third kappa shape index (κ3) is 5.51. The van der Waals surface area contributed by atoms with Gasteiger partial charge in [-0.15, -0.1) is 5.10 Å². The minimum Gasteiger partial charge on any atom is -0.465 e. The standard InChI is InChI=1S/C30H30N6O6/c1-6-40-29-31-25-21(18(4)42-30(38)41-17(2)3)15-16-24(28(37)39-5)26(25)36(29)20-13-11-19(12-14-20)22-9-7-8-10-23(22)27-32-34-35-33-27/h7-18H,6H2,1-5H3,(H,32,33,34,35). The van der Waals surface area contributed by atoms with Crippen molar-refractivity contribution in [1.82, 2.24) is 30.2 Å². The summed E-state index contributed by atoms with van der Waals surface area (Å²) in [5.74, 6) is 0.00697.